The molecule has 3 aromatic carbocycles. The van der Waals surface area contributed by atoms with E-state index in [0.717, 1.165) is 12.0 Å². The summed E-state index contributed by atoms with van der Waals surface area (Å²) in [6, 6.07) is 26.9. The van der Waals surface area contributed by atoms with Crippen LogP contribution in [-0.2, 0) is 6.42 Å². The molecule has 0 radical (unpaired) electrons. The number of benzene rings is 3. The number of carbonyl (C=O) groups excluding carboxylic acids is 1. The molecule has 0 aromatic heterocycles. The molecule has 0 heterocycles. The Balaban J connectivity index is 1.75. The summed E-state index contributed by atoms with van der Waals surface area (Å²) in [6.45, 7) is 1.59. The number of carbonyl (C=O) groups is 1. The Labute approximate surface area is 131 Å². The molecule has 0 bridgehead atoms. The lowest BCUT2D eigenvalue weighted by molar-refractivity contribution is 0.101. The van der Waals surface area contributed by atoms with Crippen molar-refractivity contribution in [1.29, 1.82) is 0 Å². The molecule has 0 aliphatic carbocycles. The van der Waals surface area contributed by atoms with E-state index in [0.29, 0.717) is 0 Å². The van der Waals surface area contributed by atoms with Crippen molar-refractivity contribution in [3.63, 3.8) is 0 Å². The van der Waals surface area contributed by atoms with E-state index in [2.05, 4.69) is 48.5 Å². The van der Waals surface area contributed by atoms with Crippen molar-refractivity contribution in [1.82, 2.24) is 0 Å². The molecule has 0 N–H and O–H groups in total. The fourth-order valence-corrected chi connectivity index (χ4v) is 2.54. The van der Waals surface area contributed by atoms with Crippen LogP contribution in [0.3, 0.4) is 0 Å². The summed E-state index contributed by atoms with van der Waals surface area (Å²) in [6.07, 6.45) is 0.882. The van der Waals surface area contributed by atoms with Crippen molar-refractivity contribution in [2.24, 2.45) is 0 Å². The van der Waals surface area contributed by atoms with Crippen LogP contribution >= 0.6 is 0 Å². The van der Waals surface area contributed by atoms with E-state index < -0.39 is 0 Å². The molecule has 0 fully saturated rings. The van der Waals surface area contributed by atoms with E-state index in [1.165, 1.54) is 22.3 Å². The summed E-state index contributed by atoms with van der Waals surface area (Å²) in [7, 11) is 0. The van der Waals surface area contributed by atoms with Crippen molar-refractivity contribution >= 4 is 5.78 Å². The Morgan fingerprint density at radius 1 is 0.682 bits per heavy atom. The monoisotopic (exact) mass is 286 g/mol. The van der Waals surface area contributed by atoms with E-state index >= 15 is 0 Å². The summed E-state index contributed by atoms with van der Waals surface area (Å²) in [5.41, 5.74) is 5.73. The minimum atomic E-state index is 0.110. The highest BCUT2D eigenvalue weighted by Gasteiger charge is 2.01. The van der Waals surface area contributed by atoms with Gasteiger partial charge in [0.2, 0.25) is 0 Å². The molecule has 0 aliphatic rings. The summed E-state index contributed by atoms with van der Waals surface area (Å²) < 4.78 is 0. The molecule has 0 aliphatic heterocycles. The van der Waals surface area contributed by atoms with Gasteiger partial charge in [-0.3, -0.25) is 4.79 Å². The van der Waals surface area contributed by atoms with Gasteiger partial charge in [-0.1, -0.05) is 78.9 Å². The normalized spacial score (nSPS) is 10.4. The molecule has 0 spiro atoms. The molecule has 0 atom stereocenters. The van der Waals surface area contributed by atoms with Gasteiger partial charge in [-0.15, -0.1) is 0 Å². The number of hydrogen-bond acceptors (Lipinski definition) is 1. The van der Waals surface area contributed by atoms with Crippen LogP contribution in [0.15, 0.2) is 78.9 Å². The van der Waals surface area contributed by atoms with Crippen molar-refractivity contribution in [3.05, 3.63) is 95.6 Å². The molecule has 108 valence electrons. The summed E-state index contributed by atoms with van der Waals surface area (Å²) >= 11 is 0. The first kappa shape index (κ1) is 14.3. The predicted octanol–water partition coefficient (Wildman–Crippen LogP) is 5.15. The highest BCUT2D eigenvalue weighted by Crippen LogP contribution is 2.20. The smallest absolute Gasteiger partial charge is 0.159 e. The molecule has 1 heteroatoms. The van der Waals surface area contributed by atoms with E-state index in [-0.39, 0.29) is 5.78 Å². The van der Waals surface area contributed by atoms with Crippen molar-refractivity contribution in [2.45, 2.75) is 13.3 Å². The predicted molar refractivity (Wildman–Crippen MR) is 91.1 cm³/mol. The van der Waals surface area contributed by atoms with Crippen LogP contribution in [0.25, 0.3) is 11.1 Å². The highest BCUT2D eigenvalue weighted by atomic mass is 16.1. The lowest BCUT2D eigenvalue weighted by Crippen LogP contribution is -1.93. The van der Waals surface area contributed by atoms with Crippen molar-refractivity contribution in [3.8, 4) is 11.1 Å². The zero-order chi connectivity index (χ0) is 15.4. The van der Waals surface area contributed by atoms with Gasteiger partial charge in [0.15, 0.2) is 5.78 Å². The van der Waals surface area contributed by atoms with Gasteiger partial charge in [-0.05, 0) is 35.6 Å². The first-order valence-electron chi connectivity index (χ1n) is 7.46. The lowest BCUT2D eigenvalue weighted by Gasteiger charge is -2.06. The van der Waals surface area contributed by atoms with Crippen LogP contribution < -0.4 is 0 Å². The maximum Gasteiger partial charge on any atom is 0.159 e. The number of hydrogen-bond donors (Lipinski definition) is 0. The third-order valence-electron chi connectivity index (χ3n) is 3.83. The SMILES string of the molecule is CC(=O)c1ccc(Cc2ccc(-c3ccccc3)cc2)cc1. The van der Waals surface area contributed by atoms with E-state index in [1.54, 1.807) is 6.92 Å². The Morgan fingerprint density at radius 2 is 1.18 bits per heavy atom. The second-order valence-electron chi connectivity index (χ2n) is 5.49. The molecule has 22 heavy (non-hydrogen) atoms. The van der Waals surface area contributed by atoms with Crippen LogP contribution in [0, 0.1) is 0 Å². The van der Waals surface area contributed by atoms with Gasteiger partial charge < -0.3 is 0 Å². The number of Topliss-reactive ketones (excluding diaryl/α,β-unsaturated/α-hetero) is 1. The maximum atomic E-state index is 11.3. The Morgan fingerprint density at radius 3 is 1.73 bits per heavy atom. The summed E-state index contributed by atoms with van der Waals surface area (Å²) in [5, 5.41) is 0. The summed E-state index contributed by atoms with van der Waals surface area (Å²) in [5.74, 6) is 0.110. The molecule has 0 saturated carbocycles. The minimum absolute atomic E-state index is 0.110. The topological polar surface area (TPSA) is 17.1 Å². The second kappa shape index (κ2) is 6.40. The fraction of sp³-hybridized carbons (Fsp3) is 0.0952. The number of ketones is 1. The Bertz CT molecular complexity index is 753. The highest BCUT2D eigenvalue weighted by molar-refractivity contribution is 5.94. The molecule has 0 unspecified atom stereocenters. The Kier molecular flexibility index (Phi) is 4.15. The average molecular weight is 286 g/mol. The second-order valence-corrected chi connectivity index (χ2v) is 5.49. The maximum absolute atomic E-state index is 11.3. The van der Waals surface area contributed by atoms with Gasteiger partial charge in [0, 0.05) is 5.56 Å². The Hall–Kier alpha value is -2.67. The van der Waals surface area contributed by atoms with E-state index in [1.807, 2.05) is 30.3 Å². The lowest BCUT2D eigenvalue weighted by atomic mass is 9.99. The van der Waals surface area contributed by atoms with Crippen LogP contribution in [0.4, 0.5) is 0 Å². The zero-order valence-electron chi connectivity index (χ0n) is 12.6. The first-order valence-corrected chi connectivity index (χ1v) is 7.46. The van der Waals surface area contributed by atoms with Gasteiger partial charge in [0.05, 0.1) is 0 Å². The largest absolute Gasteiger partial charge is 0.295 e. The molecular formula is C21H18O. The van der Waals surface area contributed by atoms with Crippen LogP contribution in [-0.4, -0.2) is 5.78 Å². The molecule has 3 rings (SSSR count). The molecule has 3 aromatic rings. The minimum Gasteiger partial charge on any atom is -0.295 e. The molecule has 0 amide bonds. The van der Waals surface area contributed by atoms with Crippen LogP contribution in [0.2, 0.25) is 0 Å². The average Bonchev–Trinajstić information content (AvgIpc) is 2.57. The standard InChI is InChI=1S/C21H18O/c1-16(22)19-11-7-17(8-12-19)15-18-9-13-21(14-10-18)20-5-3-2-4-6-20/h2-14H,15H2,1H3. The van der Waals surface area contributed by atoms with E-state index in [9.17, 15) is 4.79 Å². The van der Waals surface area contributed by atoms with Gasteiger partial charge in [0.1, 0.15) is 0 Å². The first-order chi connectivity index (χ1) is 10.7. The van der Waals surface area contributed by atoms with Crippen molar-refractivity contribution < 1.29 is 4.79 Å². The quantitative estimate of drug-likeness (QED) is 0.606. The van der Waals surface area contributed by atoms with Crippen LogP contribution in [0.1, 0.15) is 28.4 Å². The van der Waals surface area contributed by atoms with Gasteiger partial charge in [-0.25, -0.2) is 0 Å². The fourth-order valence-electron chi connectivity index (χ4n) is 2.54. The van der Waals surface area contributed by atoms with E-state index in [4.69, 9.17) is 0 Å². The molecule has 1 nitrogen and oxygen atoms in total. The summed E-state index contributed by atoms with van der Waals surface area (Å²) in [4.78, 5) is 11.3. The molecule has 0 saturated heterocycles. The number of rotatable bonds is 4. The zero-order valence-corrected chi connectivity index (χ0v) is 12.6. The third-order valence-corrected chi connectivity index (χ3v) is 3.83. The van der Waals surface area contributed by atoms with Crippen LogP contribution in [0.5, 0.6) is 0 Å². The third kappa shape index (κ3) is 3.32. The van der Waals surface area contributed by atoms with Gasteiger partial charge in [-0.2, -0.15) is 0 Å². The van der Waals surface area contributed by atoms with Gasteiger partial charge >= 0.3 is 0 Å². The molecular weight excluding hydrogens is 268 g/mol. The van der Waals surface area contributed by atoms with Gasteiger partial charge in [0.25, 0.3) is 0 Å². The van der Waals surface area contributed by atoms with Crippen molar-refractivity contribution in [2.75, 3.05) is 0 Å².